The summed E-state index contributed by atoms with van der Waals surface area (Å²) in [5, 5.41) is 0. The molecule has 2 rings (SSSR count). The topological polar surface area (TPSA) is 18.5 Å². The van der Waals surface area contributed by atoms with Crippen molar-refractivity contribution in [1.29, 1.82) is 0 Å². The lowest BCUT2D eigenvalue weighted by atomic mass is 10.0. The van der Waals surface area contributed by atoms with Crippen molar-refractivity contribution in [2.75, 3.05) is 19.8 Å². The Morgan fingerprint density at radius 2 is 2.12 bits per heavy atom. The number of aryl methyl sites for hydroxylation is 2. The minimum atomic E-state index is 0.121. The van der Waals surface area contributed by atoms with Crippen molar-refractivity contribution >= 4 is 15.9 Å². The largest absolute Gasteiger partial charge is 0.376 e. The van der Waals surface area contributed by atoms with Gasteiger partial charge in [0.15, 0.2) is 0 Å². The molecule has 88 valence electrons. The molecule has 0 aliphatic carbocycles. The maximum atomic E-state index is 5.71. The molecule has 1 fully saturated rings. The van der Waals surface area contributed by atoms with E-state index in [1.807, 2.05) is 0 Å². The van der Waals surface area contributed by atoms with Crippen LogP contribution in [-0.2, 0) is 9.47 Å². The Hall–Kier alpha value is -0.380. The summed E-state index contributed by atoms with van der Waals surface area (Å²) in [5.74, 6) is 0. The molecule has 0 bridgehead atoms. The maximum Gasteiger partial charge on any atom is 0.0975 e. The summed E-state index contributed by atoms with van der Waals surface area (Å²) < 4.78 is 11.1. The second-order valence-electron chi connectivity index (χ2n) is 4.25. The number of halogens is 1. The molecule has 1 aliphatic rings. The van der Waals surface area contributed by atoms with E-state index in [4.69, 9.17) is 9.47 Å². The van der Waals surface area contributed by atoms with Crippen molar-refractivity contribution in [3.8, 4) is 0 Å². The molecule has 0 aromatic heterocycles. The molecule has 1 heterocycles. The van der Waals surface area contributed by atoms with Gasteiger partial charge in [0.25, 0.3) is 0 Å². The Labute approximate surface area is 105 Å². The number of rotatable bonds is 2. The van der Waals surface area contributed by atoms with Crippen LogP contribution < -0.4 is 0 Å². The first-order valence-electron chi connectivity index (χ1n) is 5.59. The third-order valence-electron chi connectivity index (χ3n) is 2.89. The van der Waals surface area contributed by atoms with Crippen molar-refractivity contribution in [3.05, 3.63) is 34.9 Å². The van der Waals surface area contributed by atoms with E-state index in [0.717, 1.165) is 0 Å². The highest BCUT2D eigenvalue weighted by atomic mass is 79.9. The van der Waals surface area contributed by atoms with E-state index in [2.05, 4.69) is 48.0 Å². The molecule has 2 atom stereocenters. The fourth-order valence-electron chi connectivity index (χ4n) is 2.01. The van der Waals surface area contributed by atoms with Gasteiger partial charge < -0.3 is 9.47 Å². The lowest BCUT2D eigenvalue weighted by molar-refractivity contribution is -0.0877. The Bertz CT molecular complexity index is 359. The Kier molecular flexibility index (Phi) is 4.00. The summed E-state index contributed by atoms with van der Waals surface area (Å²) in [4.78, 5) is 0.216. The normalized spacial score (nSPS) is 23.1. The molecule has 2 nitrogen and oxygen atoms in total. The zero-order valence-corrected chi connectivity index (χ0v) is 11.3. The summed E-state index contributed by atoms with van der Waals surface area (Å²) in [5.41, 5.74) is 3.89. The predicted octanol–water partition coefficient (Wildman–Crippen LogP) is 3.15. The van der Waals surface area contributed by atoms with E-state index in [1.165, 1.54) is 16.7 Å². The van der Waals surface area contributed by atoms with Gasteiger partial charge in [-0.05, 0) is 25.0 Å². The summed E-state index contributed by atoms with van der Waals surface area (Å²) in [6.45, 7) is 6.32. The van der Waals surface area contributed by atoms with Gasteiger partial charge in [0, 0.05) is 0 Å². The van der Waals surface area contributed by atoms with Gasteiger partial charge in [-0.25, -0.2) is 0 Å². The molecule has 0 spiro atoms. The Morgan fingerprint density at radius 1 is 1.31 bits per heavy atom. The van der Waals surface area contributed by atoms with Crippen molar-refractivity contribution in [2.45, 2.75) is 24.8 Å². The highest BCUT2D eigenvalue weighted by molar-refractivity contribution is 9.09. The monoisotopic (exact) mass is 284 g/mol. The average Bonchev–Trinajstić information content (AvgIpc) is 2.29. The van der Waals surface area contributed by atoms with Crippen LogP contribution >= 0.6 is 15.9 Å². The fourth-order valence-corrected chi connectivity index (χ4v) is 2.83. The first-order valence-corrected chi connectivity index (χ1v) is 6.50. The van der Waals surface area contributed by atoms with Crippen LogP contribution in [-0.4, -0.2) is 25.9 Å². The molecule has 0 radical (unpaired) electrons. The molecule has 2 unspecified atom stereocenters. The van der Waals surface area contributed by atoms with Gasteiger partial charge >= 0.3 is 0 Å². The molecule has 0 amide bonds. The van der Waals surface area contributed by atoms with E-state index in [1.54, 1.807) is 0 Å². The maximum absolute atomic E-state index is 5.71. The number of hydrogen-bond donors (Lipinski definition) is 0. The quantitative estimate of drug-likeness (QED) is 0.777. The number of hydrogen-bond acceptors (Lipinski definition) is 2. The average molecular weight is 285 g/mol. The first kappa shape index (κ1) is 12.1. The van der Waals surface area contributed by atoms with Crippen molar-refractivity contribution < 1.29 is 9.47 Å². The zero-order chi connectivity index (χ0) is 11.5. The Balaban J connectivity index is 2.15. The highest BCUT2D eigenvalue weighted by Gasteiger charge is 2.25. The molecule has 16 heavy (non-hydrogen) atoms. The van der Waals surface area contributed by atoms with Crippen LogP contribution in [0.1, 0.15) is 21.5 Å². The predicted molar refractivity (Wildman–Crippen MR) is 68.1 cm³/mol. The number of benzene rings is 1. The van der Waals surface area contributed by atoms with Crippen LogP contribution in [0.4, 0.5) is 0 Å². The SMILES string of the molecule is Cc1ccc(C(Br)C2COCCO2)c(C)c1. The van der Waals surface area contributed by atoms with Crippen LogP contribution in [0.5, 0.6) is 0 Å². The minimum Gasteiger partial charge on any atom is -0.376 e. The van der Waals surface area contributed by atoms with Gasteiger partial charge in [0.1, 0.15) is 0 Å². The van der Waals surface area contributed by atoms with Crippen molar-refractivity contribution in [2.24, 2.45) is 0 Å². The molecule has 1 aromatic carbocycles. The van der Waals surface area contributed by atoms with Gasteiger partial charge in [-0.1, -0.05) is 39.7 Å². The van der Waals surface area contributed by atoms with Crippen LogP contribution in [0.25, 0.3) is 0 Å². The summed E-state index contributed by atoms with van der Waals surface area (Å²) >= 11 is 3.72. The van der Waals surface area contributed by atoms with Crippen molar-refractivity contribution in [3.63, 3.8) is 0 Å². The molecule has 1 saturated heterocycles. The van der Waals surface area contributed by atoms with Crippen LogP contribution in [0, 0.1) is 13.8 Å². The van der Waals surface area contributed by atoms with Gasteiger partial charge in [-0.3, -0.25) is 0 Å². The third-order valence-corrected chi connectivity index (χ3v) is 3.97. The lowest BCUT2D eigenvalue weighted by Crippen LogP contribution is -2.31. The molecule has 0 N–H and O–H groups in total. The van der Waals surface area contributed by atoms with Gasteiger partial charge in [0.05, 0.1) is 30.8 Å². The van der Waals surface area contributed by atoms with Gasteiger partial charge in [0.2, 0.25) is 0 Å². The van der Waals surface area contributed by atoms with Gasteiger partial charge in [-0.15, -0.1) is 0 Å². The second-order valence-corrected chi connectivity index (χ2v) is 5.23. The van der Waals surface area contributed by atoms with E-state index in [9.17, 15) is 0 Å². The summed E-state index contributed by atoms with van der Waals surface area (Å²) in [6, 6.07) is 6.51. The molecular formula is C13H17BrO2. The first-order chi connectivity index (χ1) is 7.68. The van der Waals surface area contributed by atoms with Crippen molar-refractivity contribution in [1.82, 2.24) is 0 Å². The second kappa shape index (κ2) is 5.30. The molecule has 3 heteroatoms. The number of ether oxygens (including phenoxy) is 2. The standard InChI is InChI=1S/C13H17BrO2/c1-9-3-4-11(10(2)7-9)13(14)12-8-15-5-6-16-12/h3-4,7,12-13H,5-6,8H2,1-2H3. The van der Waals surface area contributed by atoms with E-state index in [-0.39, 0.29) is 10.9 Å². The lowest BCUT2D eigenvalue weighted by Gasteiger charge is -2.28. The molecule has 0 saturated carbocycles. The van der Waals surface area contributed by atoms with Crippen LogP contribution in [0.15, 0.2) is 18.2 Å². The van der Waals surface area contributed by atoms with Gasteiger partial charge in [-0.2, -0.15) is 0 Å². The molecular weight excluding hydrogens is 268 g/mol. The summed E-state index contributed by atoms with van der Waals surface area (Å²) in [7, 11) is 0. The molecule has 1 aliphatic heterocycles. The van der Waals surface area contributed by atoms with E-state index in [0.29, 0.717) is 19.8 Å². The van der Waals surface area contributed by atoms with E-state index >= 15 is 0 Å². The smallest absolute Gasteiger partial charge is 0.0975 e. The Morgan fingerprint density at radius 3 is 2.75 bits per heavy atom. The fraction of sp³-hybridized carbons (Fsp3) is 0.538. The minimum absolute atomic E-state index is 0.121. The number of alkyl halides is 1. The highest BCUT2D eigenvalue weighted by Crippen LogP contribution is 2.32. The summed E-state index contributed by atoms with van der Waals surface area (Å²) in [6.07, 6.45) is 0.121. The third kappa shape index (κ3) is 2.65. The van der Waals surface area contributed by atoms with Crippen LogP contribution in [0.2, 0.25) is 0 Å². The zero-order valence-electron chi connectivity index (χ0n) is 9.70. The van der Waals surface area contributed by atoms with E-state index < -0.39 is 0 Å². The van der Waals surface area contributed by atoms with Crippen LogP contribution in [0.3, 0.4) is 0 Å². The molecule has 1 aromatic rings.